The Morgan fingerprint density at radius 2 is 1.21 bits per heavy atom. The molecule has 24 heavy (non-hydrogen) atoms. The van der Waals surface area contributed by atoms with Crippen LogP contribution in [0.3, 0.4) is 0 Å². The lowest BCUT2D eigenvalue weighted by Crippen LogP contribution is -1.91. The third kappa shape index (κ3) is 2.44. The molecule has 0 aliphatic rings. The third-order valence-electron chi connectivity index (χ3n) is 4.39. The molecule has 0 radical (unpaired) electrons. The van der Waals surface area contributed by atoms with E-state index in [4.69, 9.17) is 4.74 Å². The van der Waals surface area contributed by atoms with E-state index in [2.05, 4.69) is 78.9 Å². The summed E-state index contributed by atoms with van der Waals surface area (Å²) in [5.74, 6) is 0.902. The molecule has 0 saturated carbocycles. The van der Waals surface area contributed by atoms with E-state index < -0.39 is 0 Å². The number of methoxy groups -OCH3 is 1. The van der Waals surface area contributed by atoms with Gasteiger partial charge >= 0.3 is 0 Å². The minimum absolute atomic E-state index is 0.902. The van der Waals surface area contributed by atoms with Crippen molar-refractivity contribution in [2.45, 2.75) is 0 Å². The van der Waals surface area contributed by atoms with E-state index in [1.165, 1.54) is 27.5 Å². The summed E-state index contributed by atoms with van der Waals surface area (Å²) < 4.78 is 5.65. The van der Waals surface area contributed by atoms with E-state index in [1.54, 1.807) is 7.11 Å². The Balaban J connectivity index is 2.05. The lowest BCUT2D eigenvalue weighted by atomic mass is 9.92. The van der Waals surface area contributed by atoms with Crippen molar-refractivity contribution in [3.05, 3.63) is 91.0 Å². The standard InChI is InChI=1S/C23H18O/c1-24-22-16-15-20-19(17-9-4-2-5-10-17)13-8-14-21(20)23(22)18-11-6-3-7-12-18/h2-16H,1H3. The Kier molecular flexibility index (Phi) is 3.76. The second-order valence-electron chi connectivity index (χ2n) is 5.78. The maximum Gasteiger partial charge on any atom is 0.127 e. The summed E-state index contributed by atoms with van der Waals surface area (Å²) in [5, 5.41) is 2.45. The predicted molar refractivity (Wildman–Crippen MR) is 101 cm³/mol. The van der Waals surface area contributed by atoms with Crippen molar-refractivity contribution in [1.82, 2.24) is 0 Å². The average molecular weight is 310 g/mol. The predicted octanol–water partition coefficient (Wildman–Crippen LogP) is 6.18. The normalized spacial score (nSPS) is 10.7. The molecular formula is C23H18O. The molecule has 0 aliphatic heterocycles. The van der Waals surface area contributed by atoms with Gasteiger partial charge in [-0.15, -0.1) is 0 Å². The number of rotatable bonds is 3. The second kappa shape index (κ2) is 6.21. The summed E-state index contributed by atoms with van der Waals surface area (Å²) >= 11 is 0. The molecule has 0 saturated heterocycles. The maximum atomic E-state index is 5.65. The first-order valence-electron chi connectivity index (χ1n) is 8.09. The number of ether oxygens (including phenoxy) is 1. The minimum atomic E-state index is 0.902. The monoisotopic (exact) mass is 310 g/mol. The first-order valence-corrected chi connectivity index (χ1v) is 8.09. The summed E-state index contributed by atoms with van der Waals surface area (Å²) in [6, 6.07) is 31.6. The minimum Gasteiger partial charge on any atom is -0.496 e. The molecule has 0 N–H and O–H groups in total. The number of hydrogen-bond acceptors (Lipinski definition) is 1. The van der Waals surface area contributed by atoms with Crippen LogP contribution in [0.2, 0.25) is 0 Å². The van der Waals surface area contributed by atoms with Gasteiger partial charge in [-0.1, -0.05) is 84.9 Å². The summed E-state index contributed by atoms with van der Waals surface area (Å²) in [4.78, 5) is 0. The van der Waals surface area contributed by atoms with Crippen molar-refractivity contribution in [2.24, 2.45) is 0 Å². The third-order valence-corrected chi connectivity index (χ3v) is 4.39. The van der Waals surface area contributed by atoms with E-state index in [0.717, 1.165) is 11.3 Å². The molecule has 0 spiro atoms. The molecule has 116 valence electrons. The van der Waals surface area contributed by atoms with Crippen molar-refractivity contribution in [2.75, 3.05) is 7.11 Å². The maximum absolute atomic E-state index is 5.65. The zero-order valence-electron chi connectivity index (χ0n) is 13.6. The topological polar surface area (TPSA) is 9.23 Å². The largest absolute Gasteiger partial charge is 0.496 e. The molecule has 0 amide bonds. The number of fused-ring (bicyclic) bond motifs is 1. The fourth-order valence-corrected chi connectivity index (χ4v) is 3.28. The fraction of sp³-hybridized carbons (Fsp3) is 0.0435. The summed E-state index contributed by atoms with van der Waals surface area (Å²) in [6.07, 6.45) is 0. The lowest BCUT2D eigenvalue weighted by Gasteiger charge is -2.15. The van der Waals surface area contributed by atoms with Crippen molar-refractivity contribution in [1.29, 1.82) is 0 Å². The first-order chi connectivity index (χ1) is 11.9. The van der Waals surface area contributed by atoms with Crippen LogP contribution in [0.25, 0.3) is 33.0 Å². The molecule has 0 bridgehead atoms. The molecule has 0 atom stereocenters. The van der Waals surface area contributed by atoms with Crippen molar-refractivity contribution >= 4 is 10.8 Å². The van der Waals surface area contributed by atoms with Crippen LogP contribution < -0.4 is 4.74 Å². The highest BCUT2D eigenvalue weighted by molar-refractivity contribution is 6.06. The average Bonchev–Trinajstić information content (AvgIpc) is 2.68. The molecule has 0 unspecified atom stereocenters. The molecule has 1 heteroatoms. The van der Waals surface area contributed by atoms with Gasteiger partial charge in [0.25, 0.3) is 0 Å². The second-order valence-corrected chi connectivity index (χ2v) is 5.78. The van der Waals surface area contributed by atoms with E-state index in [0.29, 0.717) is 0 Å². The van der Waals surface area contributed by atoms with Crippen LogP contribution in [0, 0.1) is 0 Å². The number of benzene rings is 4. The van der Waals surface area contributed by atoms with Gasteiger partial charge in [0.2, 0.25) is 0 Å². The van der Waals surface area contributed by atoms with Crippen LogP contribution >= 0.6 is 0 Å². The zero-order chi connectivity index (χ0) is 16.4. The van der Waals surface area contributed by atoms with Crippen LogP contribution in [-0.4, -0.2) is 7.11 Å². The van der Waals surface area contributed by atoms with Crippen LogP contribution in [0.5, 0.6) is 5.75 Å². The first kappa shape index (κ1) is 14.5. The van der Waals surface area contributed by atoms with Gasteiger partial charge in [0.05, 0.1) is 7.11 Å². The van der Waals surface area contributed by atoms with Gasteiger partial charge in [0.1, 0.15) is 5.75 Å². The highest BCUT2D eigenvalue weighted by Crippen LogP contribution is 2.40. The Bertz CT molecular complexity index is 973. The van der Waals surface area contributed by atoms with Crippen LogP contribution in [0.4, 0.5) is 0 Å². The quantitative estimate of drug-likeness (QED) is 0.439. The highest BCUT2D eigenvalue weighted by Gasteiger charge is 2.13. The summed E-state index contributed by atoms with van der Waals surface area (Å²) in [6.45, 7) is 0. The van der Waals surface area contributed by atoms with E-state index in [1.807, 2.05) is 12.1 Å². The van der Waals surface area contributed by atoms with E-state index in [9.17, 15) is 0 Å². The van der Waals surface area contributed by atoms with Crippen molar-refractivity contribution < 1.29 is 4.74 Å². The van der Waals surface area contributed by atoms with Crippen LogP contribution in [-0.2, 0) is 0 Å². The summed E-state index contributed by atoms with van der Waals surface area (Å²) in [7, 11) is 1.73. The molecule has 0 heterocycles. The van der Waals surface area contributed by atoms with Crippen LogP contribution in [0.1, 0.15) is 0 Å². The molecular weight excluding hydrogens is 292 g/mol. The molecule has 4 rings (SSSR count). The molecule has 4 aromatic carbocycles. The van der Waals surface area contributed by atoms with E-state index in [-0.39, 0.29) is 0 Å². The van der Waals surface area contributed by atoms with Crippen molar-refractivity contribution in [3.63, 3.8) is 0 Å². The molecule has 0 aliphatic carbocycles. The molecule has 1 nitrogen and oxygen atoms in total. The van der Waals surface area contributed by atoms with Gasteiger partial charge in [-0.05, 0) is 33.5 Å². The molecule has 4 aromatic rings. The highest BCUT2D eigenvalue weighted by atomic mass is 16.5. The smallest absolute Gasteiger partial charge is 0.127 e. The molecule has 0 fully saturated rings. The van der Waals surface area contributed by atoms with Crippen molar-refractivity contribution in [3.8, 4) is 28.0 Å². The van der Waals surface area contributed by atoms with Gasteiger partial charge in [0, 0.05) is 5.56 Å². The zero-order valence-corrected chi connectivity index (χ0v) is 13.6. The SMILES string of the molecule is COc1ccc2c(-c3ccccc3)cccc2c1-c1ccccc1. The summed E-state index contributed by atoms with van der Waals surface area (Å²) in [5.41, 5.74) is 4.79. The van der Waals surface area contributed by atoms with Gasteiger partial charge in [-0.3, -0.25) is 0 Å². The van der Waals surface area contributed by atoms with Gasteiger partial charge in [0.15, 0.2) is 0 Å². The Hall–Kier alpha value is -3.06. The van der Waals surface area contributed by atoms with Gasteiger partial charge in [-0.2, -0.15) is 0 Å². The van der Waals surface area contributed by atoms with Gasteiger partial charge in [-0.25, -0.2) is 0 Å². The lowest BCUT2D eigenvalue weighted by molar-refractivity contribution is 0.417. The van der Waals surface area contributed by atoms with E-state index >= 15 is 0 Å². The number of hydrogen-bond donors (Lipinski definition) is 0. The van der Waals surface area contributed by atoms with Gasteiger partial charge < -0.3 is 4.74 Å². The van der Waals surface area contributed by atoms with Crippen LogP contribution in [0.15, 0.2) is 91.0 Å². The Morgan fingerprint density at radius 1 is 0.542 bits per heavy atom. The fourth-order valence-electron chi connectivity index (χ4n) is 3.28. The Morgan fingerprint density at radius 3 is 1.88 bits per heavy atom. The Labute approximate surface area is 142 Å². The molecule has 0 aromatic heterocycles.